The summed E-state index contributed by atoms with van der Waals surface area (Å²) in [5.41, 5.74) is 5.71. The number of aromatic nitrogens is 1. The van der Waals surface area contributed by atoms with E-state index in [9.17, 15) is 0 Å². The summed E-state index contributed by atoms with van der Waals surface area (Å²) in [6.45, 7) is 0. The molecule has 1 aromatic heterocycles. The van der Waals surface area contributed by atoms with Gasteiger partial charge in [0.15, 0.2) is 0 Å². The van der Waals surface area contributed by atoms with Crippen molar-refractivity contribution in [2.45, 2.75) is 0 Å². The molecular formula is C5H4BClN2. The fourth-order valence-electron chi connectivity index (χ4n) is 0.466. The van der Waals surface area contributed by atoms with E-state index >= 15 is 0 Å². The molecule has 0 aliphatic heterocycles. The summed E-state index contributed by atoms with van der Waals surface area (Å²) >= 11 is 5.52. The van der Waals surface area contributed by atoms with Crippen LogP contribution in [0.25, 0.3) is 0 Å². The lowest BCUT2D eigenvalue weighted by molar-refractivity contribution is 1.36. The van der Waals surface area contributed by atoms with Crippen LogP contribution in [0.5, 0.6) is 0 Å². The zero-order chi connectivity index (χ0) is 6.85. The van der Waals surface area contributed by atoms with Crippen LogP contribution >= 0.6 is 11.6 Å². The molecule has 2 radical (unpaired) electrons. The maximum absolute atomic E-state index is 5.52. The molecule has 1 rings (SSSR count). The summed E-state index contributed by atoms with van der Waals surface area (Å²) in [6.07, 6.45) is 1.45. The van der Waals surface area contributed by atoms with Gasteiger partial charge < -0.3 is 5.73 Å². The van der Waals surface area contributed by atoms with Crippen LogP contribution in [0, 0.1) is 0 Å². The highest BCUT2D eigenvalue weighted by Gasteiger charge is 1.92. The van der Waals surface area contributed by atoms with Gasteiger partial charge in [-0.1, -0.05) is 17.1 Å². The van der Waals surface area contributed by atoms with Crippen LogP contribution in [0.3, 0.4) is 0 Å². The first-order valence-electron chi connectivity index (χ1n) is 2.36. The topological polar surface area (TPSA) is 38.9 Å². The zero-order valence-electron chi connectivity index (χ0n) is 4.63. The van der Waals surface area contributed by atoms with Gasteiger partial charge in [-0.05, 0) is 6.07 Å². The van der Waals surface area contributed by atoms with E-state index in [4.69, 9.17) is 25.2 Å². The molecule has 2 nitrogen and oxygen atoms in total. The molecule has 0 amide bonds. The molecule has 0 aliphatic carbocycles. The fourth-order valence-corrected chi connectivity index (χ4v) is 0.632. The summed E-state index contributed by atoms with van der Waals surface area (Å²) in [4.78, 5) is 3.70. The Morgan fingerprint density at radius 2 is 2.33 bits per heavy atom. The number of anilines is 1. The molecule has 0 fully saturated rings. The molecule has 0 saturated carbocycles. The van der Waals surface area contributed by atoms with E-state index in [1.807, 2.05) is 0 Å². The molecule has 0 atom stereocenters. The lowest BCUT2D eigenvalue weighted by Gasteiger charge is -1.96. The van der Waals surface area contributed by atoms with Crippen LogP contribution < -0.4 is 11.2 Å². The van der Waals surface area contributed by atoms with Crippen molar-refractivity contribution in [3.63, 3.8) is 0 Å². The zero-order valence-corrected chi connectivity index (χ0v) is 5.39. The SMILES string of the molecule is [B]c1cc(Cl)cnc1N. The molecule has 44 valence electrons. The van der Waals surface area contributed by atoms with Crippen LogP contribution in [-0.4, -0.2) is 12.8 Å². The number of hydrogen-bond donors (Lipinski definition) is 1. The van der Waals surface area contributed by atoms with Crippen molar-refractivity contribution in [2.24, 2.45) is 0 Å². The average Bonchev–Trinajstić information content (AvgIpc) is 1.80. The maximum atomic E-state index is 5.52. The van der Waals surface area contributed by atoms with Gasteiger partial charge in [0.2, 0.25) is 0 Å². The van der Waals surface area contributed by atoms with E-state index in [1.165, 1.54) is 6.20 Å². The van der Waals surface area contributed by atoms with Gasteiger partial charge in [-0.15, -0.1) is 0 Å². The van der Waals surface area contributed by atoms with E-state index in [0.717, 1.165) is 0 Å². The number of nitrogens with zero attached hydrogens (tertiary/aromatic N) is 1. The quantitative estimate of drug-likeness (QED) is 0.517. The Labute approximate surface area is 59.4 Å². The number of rotatable bonds is 0. The highest BCUT2D eigenvalue weighted by Crippen LogP contribution is 2.03. The Hall–Kier alpha value is -0.695. The summed E-state index contributed by atoms with van der Waals surface area (Å²) in [5, 5.41) is 0.502. The lowest BCUT2D eigenvalue weighted by atomic mass is 9.98. The Balaban J connectivity index is 3.17. The molecule has 0 saturated heterocycles. The molecule has 4 heteroatoms. The second-order valence-electron chi connectivity index (χ2n) is 1.63. The van der Waals surface area contributed by atoms with Crippen LogP contribution in [0.1, 0.15) is 0 Å². The van der Waals surface area contributed by atoms with E-state index in [1.54, 1.807) is 6.07 Å². The molecule has 0 aromatic carbocycles. The number of halogens is 1. The predicted molar refractivity (Wildman–Crippen MR) is 39.0 cm³/mol. The molecule has 0 bridgehead atoms. The van der Waals surface area contributed by atoms with Crippen LogP contribution in [0.2, 0.25) is 5.02 Å². The second-order valence-corrected chi connectivity index (χ2v) is 2.06. The third-order valence-electron chi connectivity index (χ3n) is 0.916. The first kappa shape index (κ1) is 6.43. The highest BCUT2D eigenvalue weighted by molar-refractivity contribution is 6.38. The number of pyridine rings is 1. The predicted octanol–water partition coefficient (Wildman–Crippen LogP) is 0.111. The van der Waals surface area contributed by atoms with Crippen LogP contribution in [0.4, 0.5) is 5.82 Å². The number of nitrogens with two attached hydrogens (primary N) is 1. The maximum Gasteiger partial charge on any atom is 0.119 e. The highest BCUT2D eigenvalue weighted by atomic mass is 35.5. The third kappa shape index (κ3) is 1.36. The average molecular weight is 138 g/mol. The minimum Gasteiger partial charge on any atom is -0.384 e. The minimum absolute atomic E-state index is 0.319. The molecule has 1 heterocycles. The van der Waals surface area contributed by atoms with Gasteiger partial charge in [-0.2, -0.15) is 0 Å². The Kier molecular flexibility index (Phi) is 1.62. The molecule has 1 aromatic rings. The van der Waals surface area contributed by atoms with Gasteiger partial charge in [0.25, 0.3) is 0 Å². The van der Waals surface area contributed by atoms with Crippen molar-refractivity contribution in [1.29, 1.82) is 0 Å². The molecule has 9 heavy (non-hydrogen) atoms. The minimum atomic E-state index is 0.319. The largest absolute Gasteiger partial charge is 0.384 e. The first-order valence-corrected chi connectivity index (χ1v) is 2.74. The summed E-state index contributed by atoms with van der Waals surface area (Å²) in [6, 6.07) is 1.56. The van der Waals surface area contributed by atoms with Crippen molar-refractivity contribution in [3.8, 4) is 0 Å². The van der Waals surface area contributed by atoms with E-state index in [-0.39, 0.29) is 0 Å². The van der Waals surface area contributed by atoms with Gasteiger partial charge in [-0.3, -0.25) is 0 Å². The smallest absolute Gasteiger partial charge is 0.119 e. The summed E-state index contributed by atoms with van der Waals surface area (Å²) < 4.78 is 0. The molecular weight excluding hydrogens is 134 g/mol. The molecule has 2 N–H and O–H groups in total. The second kappa shape index (κ2) is 2.27. The summed E-state index contributed by atoms with van der Waals surface area (Å²) in [5.74, 6) is 0.319. The third-order valence-corrected chi connectivity index (χ3v) is 1.12. The van der Waals surface area contributed by atoms with E-state index in [0.29, 0.717) is 16.3 Å². The Morgan fingerprint density at radius 1 is 1.67 bits per heavy atom. The van der Waals surface area contributed by atoms with Gasteiger partial charge >= 0.3 is 0 Å². The van der Waals surface area contributed by atoms with E-state index in [2.05, 4.69) is 4.98 Å². The molecule has 0 aliphatic rings. The Morgan fingerprint density at radius 3 is 2.78 bits per heavy atom. The number of hydrogen-bond acceptors (Lipinski definition) is 2. The summed E-state index contributed by atoms with van der Waals surface area (Å²) in [7, 11) is 5.35. The van der Waals surface area contributed by atoms with Gasteiger partial charge in [0.1, 0.15) is 13.7 Å². The Bertz CT molecular complexity index is 226. The number of nitrogen functional groups attached to an aromatic ring is 1. The van der Waals surface area contributed by atoms with Crippen LogP contribution in [-0.2, 0) is 0 Å². The fraction of sp³-hybridized carbons (Fsp3) is 0. The van der Waals surface area contributed by atoms with Crippen LogP contribution in [0.15, 0.2) is 12.3 Å². The first-order chi connectivity index (χ1) is 4.20. The molecule has 0 unspecified atom stereocenters. The van der Waals surface area contributed by atoms with Gasteiger partial charge in [0, 0.05) is 6.20 Å². The normalized spacial score (nSPS) is 9.44. The van der Waals surface area contributed by atoms with Crippen molar-refractivity contribution < 1.29 is 0 Å². The van der Waals surface area contributed by atoms with Crippen molar-refractivity contribution in [3.05, 3.63) is 17.3 Å². The van der Waals surface area contributed by atoms with Crippen molar-refractivity contribution in [1.82, 2.24) is 4.98 Å². The van der Waals surface area contributed by atoms with E-state index < -0.39 is 0 Å². The van der Waals surface area contributed by atoms with Gasteiger partial charge in [-0.25, -0.2) is 4.98 Å². The monoisotopic (exact) mass is 138 g/mol. The van der Waals surface area contributed by atoms with Gasteiger partial charge in [0.05, 0.1) is 5.02 Å². The molecule has 0 spiro atoms. The lowest BCUT2D eigenvalue weighted by Crippen LogP contribution is -2.10. The van der Waals surface area contributed by atoms with Crippen molar-refractivity contribution >= 4 is 30.7 Å². The van der Waals surface area contributed by atoms with Crippen molar-refractivity contribution in [2.75, 3.05) is 5.73 Å². The standard InChI is InChI=1S/C5H4BClN2/c6-4-1-3(7)2-9-5(4)8/h1-2H,(H2,8,9).